The lowest BCUT2D eigenvalue weighted by Gasteiger charge is -2.12. The van der Waals surface area contributed by atoms with Crippen LogP contribution in [-0.2, 0) is 9.53 Å². The molecule has 8 nitrogen and oxygen atoms in total. The van der Waals surface area contributed by atoms with Gasteiger partial charge >= 0.3 is 11.9 Å². The van der Waals surface area contributed by atoms with Crippen molar-refractivity contribution in [3.8, 4) is 23.0 Å². The van der Waals surface area contributed by atoms with Gasteiger partial charge in [0.25, 0.3) is 0 Å². The van der Waals surface area contributed by atoms with Gasteiger partial charge in [0.15, 0.2) is 17.2 Å². The van der Waals surface area contributed by atoms with E-state index < -0.39 is 11.9 Å². The number of para-hydroxylation sites is 1. The number of esters is 2. The van der Waals surface area contributed by atoms with Gasteiger partial charge in [-0.2, -0.15) is 0 Å². The number of benzene rings is 3. The molecular formula is C27H22ClNO7. The summed E-state index contributed by atoms with van der Waals surface area (Å²) >= 11 is 6.09. The average molecular weight is 508 g/mol. The van der Waals surface area contributed by atoms with Crippen molar-refractivity contribution in [3.05, 3.63) is 88.1 Å². The minimum atomic E-state index is -0.628. The van der Waals surface area contributed by atoms with Gasteiger partial charge in [-0.15, -0.1) is 0 Å². The Morgan fingerprint density at radius 1 is 0.972 bits per heavy atom. The predicted octanol–water partition coefficient (Wildman–Crippen LogP) is 5.32. The molecule has 0 amide bonds. The molecule has 1 aliphatic rings. The third-order valence-electron chi connectivity index (χ3n) is 5.11. The topological polar surface area (TPSA) is 92.6 Å². The molecule has 3 aromatic carbocycles. The Morgan fingerprint density at radius 2 is 1.72 bits per heavy atom. The number of cyclic esters (lactones) is 1. The van der Waals surface area contributed by atoms with Gasteiger partial charge in [-0.3, -0.25) is 0 Å². The fraction of sp³-hybridized carbons (Fsp3) is 0.148. The SMILES string of the molecule is CCOc1cc(C=C2N=C(c3cc(Cl)ccc3OC)OC2=O)ccc1OC(=O)c1ccccc1OC. The summed E-state index contributed by atoms with van der Waals surface area (Å²) in [5.74, 6) is 0.260. The summed E-state index contributed by atoms with van der Waals surface area (Å²) in [6.45, 7) is 2.14. The Labute approximate surface area is 212 Å². The molecule has 0 N–H and O–H groups in total. The molecule has 0 fully saturated rings. The molecule has 36 heavy (non-hydrogen) atoms. The molecule has 0 radical (unpaired) electrons. The van der Waals surface area contributed by atoms with Crippen LogP contribution in [-0.4, -0.2) is 38.7 Å². The predicted molar refractivity (Wildman–Crippen MR) is 134 cm³/mol. The third-order valence-corrected chi connectivity index (χ3v) is 5.35. The van der Waals surface area contributed by atoms with Crippen molar-refractivity contribution < 1.29 is 33.3 Å². The fourth-order valence-electron chi connectivity index (χ4n) is 3.46. The maximum Gasteiger partial charge on any atom is 0.363 e. The van der Waals surface area contributed by atoms with E-state index in [-0.39, 0.29) is 22.9 Å². The first kappa shape index (κ1) is 24.8. The number of nitrogens with zero attached hydrogens (tertiary/aromatic N) is 1. The van der Waals surface area contributed by atoms with Crippen molar-refractivity contribution in [1.29, 1.82) is 0 Å². The summed E-state index contributed by atoms with van der Waals surface area (Å²) in [6.07, 6.45) is 1.54. The molecule has 0 spiro atoms. The number of ether oxygens (including phenoxy) is 5. The first-order chi connectivity index (χ1) is 17.4. The van der Waals surface area contributed by atoms with Crippen molar-refractivity contribution in [1.82, 2.24) is 0 Å². The second-order valence-corrected chi connectivity index (χ2v) is 7.85. The first-order valence-corrected chi connectivity index (χ1v) is 11.3. The minimum absolute atomic E-state index is 0.0771. The summed E-state index contributed by atoms with van der Waals surface area (Å²) in [4.78, 5) is 29.5. The van der Waals surface area contributed by atoms with Crippen LogP contribution in [0.15, 0.2) is 71.4 Å². The van der Waals surface area contributed by atoms with Crippen LogP contribution < -0.4 is 18.9 Å². The smallest absolute Gasteiger partial charge is 0.363 e. The summed E-state index contributed by atoms with van der Waals surface area (Å²) in [5, 5.41) is 0.446. The van der Waals surface area contributed by atoms with Crippen molar-refractivity contribution in [2.45, 2.75) is 6.92 Å². The molecule has 0 saturated heterocycles. The molecule has 184 valence electrons. The molecule has 4 rings (SSSR count). The lowest BCUT2D eigenvalue weighted by molar-refractivity contribution is -0.129. The number of halogens is 1. The highest BCUT2D eigenvalue weighted by molar-refractivity contribution is 6.31. The molecule has 0 aromatic heterocycles. The number of rotatable bonds is 8. The van der Waals surface area contributed by atoms with Crippen molar-refractivity contribution in [3.63, 3.8) is 0 Å². The molecular weight excluding hydrogens is 486 g/mol. The van der Waals surface area contributed by atoms with Gasteiger partial charge in [0.05, 0.1) is 26.4 Å². The van der Waals surface area contributed by atoms with Crippen LogP contribution in [0.3, 0.4) is 0 Å². The van der Waals surface area contributed by atoms with Gasteiger partial charge < -0.3 is 23.7 Å². The van der Waals surface area contributed by atoms with Gasteiger partial charge in [-0.05, 0) is 61.0 Å². The second-order valence-electron chi connectivity index (χ2n) is 7.41. The third kappa shape index (κ3) is 5.34. The molecule has 9 heteroatoms. The molecule has 0 saturated carbocycles. The number of methoxy groups -OCH3 is 2. The van der Waals surface area contributed by atoms with E-state index in [0.717, 1.165) is 0 Å². The minimum Gasteiger partial charge on any atom is -0.496 e. The maximum atomic E-state index is 12.7. The number of carbonyl (C=O) groups is 2. The van der Waals surface area contributed by atoms with Crippen LogP contribution in [0.25, 0.3) is 6.08 Å². The zero-order valence-corrected chi connectivity index (χ0v) is 20.5. The Bertz CT molecular complexity index is 1380. The second kappa shape index (κ2) is 11.0. The Balaban J connectivity index is 1.63. The summed E-state index contributed by atoms with van der Waals surface area (Å²) in [5.41, 5.74) is 1.40. The monoisotopic (exact) mass is 507 g/mol. The molecule has 0 atom stereocenters. The Hall–Kier alpha value is -4.30. The van der Waals surface area contributed by atoms with Crippen molar-refractivity contribution >= 4 is 35.5 Å². The summed E-state index contributed by atoms with van der Waals surface area (Å²) in [7, 11) is 2.97. The van der Waals surface area contributed by atoms with Gasteiger partial charge in [0, 0.05) is 5.02 Å². The van der Waals surface area contributed by atoms with E-state index in [1.807, 2.05) is 0 Å². The Kier molecular flexibility index (Phi) is 7.56. The van der Waals surface area contributed by atoms with Gasteiger partial charge in [0.2, 0.25) is 5.90 Å². The van der Waals surface area contributed by atoms with Gasteiger partial charge in [-0.1, -0.05) is 29.8 Å². The molecule has 3 aromatic rings. The van der Waals surface area contributed by atoms with Crippen LogP contribution in [0.2, 0.25) is 5.02 Å². The Morgan fingerprint density at radius 3 is 2.47 bits per heavy atom. The van der Waals surface area contributed by atoms with Crippen LogP contribution in [0.5, 0.6) is 23.0 Å². The lowest BCUT2D eigenvalue weighted by atomic mass is 10.1. The first-order valence-electron chi connectivity index (χ1n) is 10.9. The highest BCUT2D eigenvalue weighted by Crippen LogP contribution is 2.32. The largest absolute Gasteiger partial charge is 0.496 e. The van der Waals surface area contributed by atoms with Crippen LogP contribution >= 0.6 is 11.6 Å². The number of carbonyl (C=O) groups excluding carboxylic acids is 2. The quantitative estimate of drug-likeness (QED) is 0.231. The van der Waals surface area contributed by atoms with E-state index in [1.165, 1.54) is 14.2 Å². The highest BCUT2D eigenvalue weighted by atomic mass is 35.5. The van der Waals surface area contributed by atoms with E-state index in [9.17, 15) is 9.59 Å². The standard InChI is InChI=1S/C27H22ClNO7/c1-4-34-24-14-16(9-11-23(24)35-26(30)18-7-5-6-8-21(18)32-2)13-20-27(31)36-25(29-20)19-15-17(28)10-12-22(19)33-3/h5-15H,4H2,1-3H3. The summed E-state index contributed by atoms with van der Waals surface area (Å²) in [6, 6.07) is 16.6. The molecule has 1 aliphatic heterocycles. The molecule has 0 aliphatic carbocycles. The van der Waals surface area contributed by atoms with Gasteiger partial charge in [-0.25, -0.2) is 14.6 Å². The lowest BCUT2D eigenvalue weighted by Crippen LogP contribution is -2.11. The van der Waals surface area contributed by atoms with Gasteiger partial charge in [0.1, 0.15) is 17.1 Å². The van der Waals surface area contributed by atoms with E-state index in [0.29, 0.717) is 40.0 Å². The van der Waals surface area contributed by atoms with Crippen LogP contribution in [0.1, 0.15) is 28.4 Å². The molecule has 0 bridgehead atoms. The van der Waals surface area contributed by atoms with E-state index in [2.05, 4.69) is 4.99 Å². The number of aliphatic imine (C=N–C) groups is 1. The van der Waals surface area contributed by atoms with Crippen LogP contribution in [0.4, 0.5) is 0 Å². The normalized spacial score (nSPS) is 13.7. The van der Waals surface area contributed by atoms with E-state index >= 15 is 0 Å². The fourth-order valence-corrected chi connectivity index (χ4v) is 3.64. The molecule has 1 heterocycles. The maximum absolute atomic E-state index is 12.7. The van der Waals surface area contributed by atoms with Crippen molar-refractivity contribution in [2.24, 2.45) is 4.99 Å². The zero-order chi connectivity index (χ0) is 25.7. The average Bonchev–Trinajstić information content (AvgIpc) is 3.25. The van der Waals surface area contributed by atoms with Crippen molar-refractivity contribution in [2.75, 3.05) is 20.8 Å². The summed E-state index contributed by atoms with van der Waals surface area (Å²) < 4.78 is 27.2. The van der Waals surface area contributed by atoms with Crippen LogP contribution in [0, 0.1) is 0 Å². The zero-order valence-electron chi connectivity index (χ0n) is 19.7. The molecule has 0 unspecified atom stereocenters. The highest BCUT2D eigenvalue weighted by Gasteiger charge is 2.27. The number of hydrogen-bond donors (Lipinski definition) is 0. The number of hydrogen-bond acceptors (Lipinski definition) is 8. The van der Waals surface area contributed by atoms with E-state index in [1.54, 1.807) is 73.7 Å². The van der Waals surface area contributed by atoms with E-state index in [4.69, 9.17) is 35.3 Å².